The van der Waals surface area contributed by atoms with Gasteiger partial charge in [0, 0.05) is 6.61 Å². The van der Waals surface area contributed by atoms with Crippen LogP contribution in [-0.2, 0) is 6.42 Å². The molecule has 0 heterocycles. The van der Waals surface area contributed by atoms with Gasteiger partial charge in [-0.15, -0.1) is 0 Å². The Balaban J connectivity index is 1.94. The molecule has 0 saturated heterocycles. The average molecular weight is 222 g/mol. The largest absolute Gasteiger partial charge is 0.488 e. The monoisotopic (exact) mass is 222 g/mol. The van der Waals surface area contributed by atoms with Crippen molar-refractivity contribution in [3.05, 3.63) is 29.8 Å². The van der Waals surface area contributed by atoms with Gasteiger partial charge in [0.2, 0.25) is 0 Å². The maximum absolute atomic E-state index is 9.63. The summed E-state index contributed by atoms with van der Waals surface area (Å²) < 4.78 is 5.71. The minimum Gasteiger partial charge on any atom is -0.488 e. The Hall–Kier alpha value is -1.06. The molecular formula is C13H18O3. The summed E-state index contributed by atoms with van der Waals surface area (Å²) in [6.07, 6.45) is 3.11. The fourth-order valence-corrected chi connectivity index (χ4v) is 2.08. The van der Waals surface area contributed by atoms with Crippen LogP contribution in [0, 0.1) is 0 Å². The van der Waals surface area contributed by atoms with Crippen LogP contribution in [0.3, 0.4) is 0 Å². The molecule has 2 unspecified atom stereocenters. The topological polar surface area (TPSA) is 49.7 Å². The lowest BCUT2D eigenvalue weighted by atomic mass is 10.1. The van der Waals surface area contributed by atoms with Crippen molar-refractivity contribution in [2.75, 3.05) is 6.61 Å². The first-order valence-electron chi connectivity index (χ1n) is 5.84. The van der Waals surface area contributed by atoms with Crippen LogP contribution in [0.1, 0.15) is 24.8 Å². The first-order valence-corrected chi connectivity index (χ1v) is 5.84. The summed E-state index contributed by atoms with van der Waals surface area (Å²) >= 11 is 0. The number of hydrogen-bond acceptors (Lipinski definition) is 3. The molecule has 16 heavy (non-hydrogen) atoms. The van der Waals surface area contributed by atoms with Crippen molar-refractivity contribution in [3.8, 4) is 5.75 Å². The quantitative estimate of drug-likeness (QED) is 0.812. The van der Waals surface area contributed by atoms with Crippen molar-refractivity contribution in [2.45, 2.75) is 37.9 Å². The second-order valence-electron chi connectivity index (χ2n) is 4.27. The molecule has 1 aromatic rings. The van der Waals surface area contributed by atoms with E-state index in [0.717, 1.165) is 30.6 Å². The molecule has 0 aliphatic heterocycles. The Kier molecular flexibility index (Phi) is 3.80. The lowest BCUT2D eigenvalue weighted by Crippen LogP contribution is -2.25. The van der Waals surface area contributed by atoms with Crippen LogP contribution in [0.4, 0.5) is 0 Å². The van der Waals surface area contributed by atoms with Crippen molar-refractivity contribution < 1.29 is 14.9 Å². The number of rotatable bonds is 4. The fraction of sp³-hybridized carbons (Fsp3) is 0.538. The maximum atomic E-state index is 9.63. The second-order valence-corrected chi connectivity index (χ2v) is 4.27. The van der Waals surface area contributed by atoms with E-state index in [9.17, 15) is 5.11 Å². The summed E-state index contributed by atoms with van der Waals surface area (Å²) in [4.78, 5) is 0. The van der Waals surface area contributed by atoms with Gasteiger partial charge in [0.15, 0.2) is 0 Å². The van der Waals surface area contributed by atoms with Crippen LogP contribution < -0.4 is 4.74 Å². The van der Waals surface area contributed by atoms with E-state index in [0.29, 0.717) is 6.42 Å². The molecule has 1 aliphatic carbocycles. The van der Waals surface area contributed by atoms with E-state index < -0.39 is 0 Å². The number of ether oxygens (including phenoxy) is 1. The van der Waals surface area contributed by atoms with Crippen molar-refractivity contribution in [1.29, 1.82) is 0 Å². The van der Waals surface area contributed by atoms with Crippen molar-refractivity contribution in [3.63, 3.8) is 0 Å². The van der Waals surface area contributed by atoms with Crippen molar-refractivity contribution in [2.24, 2.45) is 0 Å². The molecule has 0 amide bonds. The van der Waals surface area contributed by atoms with Gasteiger partial charge in [-0.25, -0.2) is 0 Å². The second kappa shape index (κ2) is 5.32. The third kappa shape index (κ3) is 2.74. The molecule has 0 aromatic heterocycles. The maximum Gasteiger partial charge on any atom is 0.124 e. The molecule has 2 N–H and O–H groups in total. The van der Waals surface area contributed by atoms with Crippen LogP contribution in [-0.4, -0.2) is 29.0 Å². The van der Waals surface area contributed by atoms with Crippen molar-refractivity contribution in [1.82, 2.24) is 0 Å². The van der Waals surface area contributed by atoms with Crippen LogP contribution in [0.25, 0.3) is 0 Å². The molecule has 2 rings (SSSR count). The molecule has 2 atom stereocenters. The highest BCUT2D eigenvalue weighted by atomic mass is 16.5. The predicted molar refractivity (Wildman–Crippen MR) is 61.5 cm³/mol. The van der Waals surface area contributed by atoms with Crippen LogP contribution in [0.2, 0.25) is 0 Å². The molecule has 1 aliphatic rings. The van der Waals surface area contributed by atoms with Crippen LogP contribution >= 0.6 is 0 Å². The fourth-order valence-electron chi connectivity index (χ4n) is 2.08. The predicted octanol–water partition coefficient (Wildman–Crippen LogP) is 1.51. The van der Waals surface area contributed by atoms with E-state index in [1.165, 1.54) is 0 Å². The Morgan fingerprint density at radius 3 is 2.50 bits per heavy atom. The molecule has 88 valence electrons. The SMILES string of the molecule is OCCc1ccc(OC2CCCC2O)cc1. The summed E-state index contributed by atoms with van der Waals surface area (Å²) in [6, 6.07) is 7.70. The molecular weight excluding hydrogens is 204 g/mol. The first kappa shape index (κ1) is 11.4. The summed E-state index contributed by atoms with van der Waals surface area (Å²) in [5, 5.41) is 18.4. The lowest BCUT2D eigenvalue weighted by molar-refractivity contribution is 0.0604. The van der Waals surface area contributed by atoms with Gasteiger partial charge in [-0.2, -0.15) is 0 Å². The summed E-state index contributed by atoms with van der Waals surface area (Å²) in [7, 11) is 0. The highest BCUT2D eigenvalue weighted by Crippen LogP contribution is 2.24. The van der Waals surface area contributed by atoms with Gasteiger partial charge in [0.1, 0.15) is 11.9 Å². The standard InChI is InChI=1S/C13H18O3/c14-9-8-10-4-6-11(7-5-10)16-13-3-1-2-12(13)15/h4-7,12-15H,1-3,8-9H2. The lowest BCUT2D eigenvalue weighted by Gasteiger charge is -2.17. The van der Waals surface area contributed by atoms with Crippen molar-refractivity contribution >= 4 is 0 Å². The van der Waals surface area contributed by atoms with Gasteiger partial charge < -0.3 is 14.9 Å². The number of benzene rings is 1. The van der Waals surface area contributed by atoms with Gasteiger partial charge in [0.25, 0.3) is 0 Å². The minimum atomic E-state index is -0.322. The Morgan fingerprint density at radius 2 is 1.94 bits per heavy atom. The minimum absolute atomic E-state index is 0.0521. The van der Waals surface area contributed by atoms with E-state index in [2.05, 4.69) is 0 Å². The Bertz CT molecular complexity index is 320. The number of aliphatic hydroxyl groups is 2. The van der Waals surface area contributed by atoms with E-state index in [1.54, 1.807) is 0 Å². The Labute approximate surface area is 95.7 Å². The first-order chi connectivity index (χ1) is 7.79. The molecule has 0 radical (unpaired) electrons. The van der Waals surface area contributed by atoms with Crippen LogP contribution in [0.15, 0.2) is 24.3 Å². The Morgan fingerprint density at radius 1 is 1.19 bits per heavy atom. The third-order valence-corrected chi connectivity index (χ3v) is 3.03. The average Bonchev–Trinajstić information content (AvgIpc) is 2.68. The van der Waals surface area contributed by atoms with Crippen LogP contribution in [0.5, 0.6) is 5.75 Å². The molecule has 1 aromatic carbocycles. The number of aliphatic hydroxyl groups excluding tert-OH is 2. The molecule has 1 saturated carbocycles. The third-order valence-electron chi connectivity index (χ3n) is 3.03. The van der Waals surface area contributed by atoms with E-state index >= 15 is 0 Å². The van der Waals surface area contributed by atoms with Gasteiger partial charge in [-0.3, -0.25) is 0 Å². The summed E-state index contributed by atoms with van der Waals surface area (Å²) in [6.45, 7) is 0.168. The normalized spacial score (nSPS) is 24.6. The zero-order chi connectivity index (χ0) is 11.4. The van der Waals surface area contributed by atoms with E-state index in [1.807, 2.05) is 24.3 Å². The van der Waals surface area contributed by atoms with Gasteiger partial charge in [-0.05, 0) is 43.4 Å². The molecule has 3 heteroatoms. The van der Waals surface area contributed by atoms with E-state index in [-0.39, 0.29) is 18.8 Å². The molecule has 3 nitrogen and oxygen atoms in total. The van der Waals surface area contributed by atoms with E-state index in [4.69, 9.17) is 9.84 Å². The zero-order valence-electron chi connectivity index (χ0n) is 9.30. The zero-order valence-corrected chi connectivity index (χ0v) is 9.30. The summed E-state index contributed by atoms with van der Waals surface area (Å²) in [5.41, 5.74) is 1.10. The highest BCUT2D eigenvalue weighted by Gasteiger charge is 2.26. The molecule has 0 spiro atoms. The number of hydrogen-bond donors (Lipinski definition) is 2. The highest BCUT2D eigenvalue weighted by molar-refractivity contribution is 5.27. The summed E-state index contributed by atoms with van der Waals surface area (Å²) in [5.74, 6) is 0.799. The van der Waals surface area contributed by atoms with Gasteiger partial charge in [0.05, 0.1) is 6.10 Å². The van der Waals surface area contributed by atoms with Gasteiger partial charge in [-0.1, -0.05) is 12.1 Å². The van der Waals surface area contributed by atoms with Gasteiger partial charge >= 0.3 is 0 Å². The smallest absolute Gasteiger partial charge is 0.124 e. The molecule has 0 bridgehead atoms. The molecule has 1 fully saturated rings.